The van der Waals surface area contributed by atoms with Crippen LogP contribution in [0, 0.1) is 11.3 Å². The highest BCUT2D eigenvalue weighted by molar-refractivity contribution is 8.00. The van der Waals surface area contributed by atoms with Gasteiger partial charge >= 0.3 is 0 Å². The summed E-state index contributed by atoms with van der Waals surface area (Å²) in [5.74, 6) is -0.553. The van der Waals surface area contributed by atoms with Crippen molar-refractivity contribution in [1.82, 2.24) is 4.90 Å². The maximum Gasteiger partial charge on any atom is 0.262 e. The summed E-state index contributed by atoms with van der Waals surface area (Å²) >= 11 is 1.50. The highest BCUT2D eigenvalue weighted by Crippen LogP contribution is 2.50. The first-order valence-electron chi connectivity index (χ1n) is 9.57. The fraction of sp³-hybridized carbons (Fsp3) is 0.125. The second kappa shape index (κ2) is 7.05. The molecule has 2 amide bonds. The lowest BCUT2D eigenvalue weighted by atomic mass is 10.1. The van der Waals surface area contributed by atoms with Crippen LogP contribution in [-0.4, -0.2) is 23.8 Å². The van der Waals surface area contributed by atoms with E-state index in [4.69, 9.17) is 0 Å². The second-order valence-electron chi connectivity index (χ2n) is 7.27. The number of fused-ring (bicyclic) bond motifs is 3. The molecule has 2 heterocycles. The third-order valence-electron chi connectivity index (χ3n) is 5.56. The number of nitrogens with zero attached hydrogens (tertiary/aromatic N) is 3. The zero-order chi connectivity index (χ0) is 20.8. The summed E-state index contributed by atoms with van der Waals surface area (Å²) in [7, 11) is 1.96. The molecule has 30 heavy (non-hydrogen) atoms. The molecule has 5 nitrogen and oxygen atoms in total. The first-order valence-corrected chi connectivity index (χ1v) is 10.4. The molecule has 6 heteroatoms. The molecule has 0 N–H and O–H groups in total. The molecule has 3 aromatic rings. The molecule has 2 aliphatic rings. The Bertz CT molecular complexity index is 1260. The van der Waals surface area contributed by atoms with Gasteiger partial charge in [-0.2, -0.15) is 5.26 Å². The molecule has 0 radical (unpaired) electrons. The number of nitriles is 1. The maximum absolute atomic E-state index is 13.4. The lowest BCUT2D eigenvalue weighted by Gasteiger charge is -2.32. The summed E-state index contributed by atoms with van der Waals surface area (Å²) in [4.78, 5) is 31.4. The molecule has 146 valence electrons. The van der Waals surface area contributed by atoms with Gasteiger partial charge in [0.2, 0.25) is 0 Å². The van der Waals surface area contributed by atoms with E-state index in [1.54, 1.807) is 12.1 Å². The van der Waals surface area contributed by atoms with Gasteiger partial charge in [0, 0.05) is 22.4 Å². The van der Waals surface area contributed by atoms with E-state index in [9.17, 15) is 14.9 Å². The van der Waals surface area contributed by atoms with Crippen molar-refractivity contribution < 1.29 is 9.59 Å². The highest BCUT2D eigenvalue weighted by atomic mass is 32.2. The van der Waals surface area contributed by atoms with E-state index < -0.39 is 0 Å². The minimum atomic E-state index is -0.296. The summed E-state index contributed by atoms with van der Waals surface area (Å²) in [6, 6.07) is 21.1. The van der Waals surface area contributed by atoms with Gasteiger partial charge in [0.25, 0.3) is 11.8 Å². The van der Waals surface area contributed by atoms with Crippen molar-refractivity contribution in [3.8, 4) is 6.07 Å². The Labute approximate surface area is 178 Å². The van der Waals surface area contributed by atoms with E-state index in [-0.39, 0.29) is 18.4 Å². The molecule has 0 saturated heterocycles. The lowest BCUT2D eigenvalue weighted by Crippen LogP contribution is -2.32. The van der Waals surface area contributed by atoms with Gasteiger partial charge in [0.05, 0.1) is 36.0 Å². The van der Waals surface area contributed by atoms with Crippen LogP contribution in [-0.2, 0) is 13.0 Å². The second-order valence-corrected chi connectivity index (χ2v) is 8.29. The van der Waals surface area contributed by atoms with Crippen LogP contribution in [0.15, 0.2) is 70.5 Å². The fourth-order valence-electron chi connectivity index (χ4n) is 4.04. The molecular weight excluding hydrogens is 394 g/mol. The molecular formula is C24H17N3O2S. The zero-order valence-corrected chi connectivity index (χ0v) is 17.1. The molecule has 0 atom stereocenters. The first kappa shape index (κ1) is 18.5. The van der Waals surface area contributed by atoms with Crippen molar-refractivity contribution in [2.45, 2.75) is 22.8 Å². The molecule has 2 aliphatic heterocycles. The fourth-order valence-corrected chi connectivity index (χ4v) is 5.40. The molecule has 3 aromatic carbocycles. The van der Waals surface area contributed by atoms with Crippen LogP contribution in [0.5, 0.6) is 0 Å². The number of carbonyl (C=O) groups is 2. The van der Waals surface area contributed by atoms with Gasteiger partial charge in [-0.25, -0.2) is 0 Å². The number of hydrogen-bond acceptors (Lipinski definition) is 5. The minimum absolute atomic E-state index is 0.257. The Morgan fingerprint density at radius 3 is 2.53 bits per heavy atom. The van der Waals surface area contributed by atoms with E-state index in [1.807, 2.05) is 60.5 Å². The predicted octanol–water partition coefficient (Wildman–Crippen LogP) is 4.78. The van der Waals surface area contributed by atoms with E-state index >= 15 is 0 Å². The third-order valence-corrected chi connectivity index (χ3v) is 6.87. The molecule has 0 spiro atoms. The van der Waals surface area contributed by atoms with Crippen LogP contribution in [0.25, 0.3) is 0 Å². The van der Waals surface area contributed by atoms with Crippen molar-refractivity contribution in [2.24, 2.45) is 0 Å². The highest BCUT2D eigenvalue weighted by Gasteiger charge is 2.35. The molecule has 0 unspecified atom stereocenters. The summed E-state index contributed by atoms with van der Waals surface area (Å²) in [5, 5.41) is 9.21. The lowest BCUT2D eigenvalue weighted by molar-refractivity contribution is 0.0629. The number of amides is 2. The Balaban J connectivity index is 1.57. The van der Waals surface area contributed by atoms with Gasteiger partial charge in [-0.15, -0.1) is 0 Å². The van der Waals surface area contributed by atoms with Crippen molar-refractivity contribution in [1.29, 1.82) is 5.26 Å². The van der Waals surface area contributed by atoms with Gasteiger partial charge < -0.3 is 4.90 Å². The molecule has 0 bridgehead atoms. The van der Waals surface area contributed by atoms with Crippen LogP contribution in [0.1, 0.15) is 31.8 Å². The molecule has 0 saturated carbocycles. The Hall–Kier alpha value is -3.56. The van der Waals surface area contributed by atoms with Gasteiger partial charge in [-0.05, 0) is 35.4 Å². The van der Waals surface area contributed by atoms with Crippen molar-refractivity contribution in [3.63, 3.8) is 0 Å². The third kappa shape index (κ3) is 2.71. The number of rotatable bonds is 2. The SMILES string of the molecule is CN1c2cccc(CC#N)c2Sc2c(C(=O)N3Cc4ccccc4C3=O)cccc21. The van der Waals surface area contributed by atoms with Crippen LogP contribution >= 0.6 is 11.8 Å². The largest absolute Gasteiger partial charge is 0.343 e. The molecule has 0 aromatic heterocycles. The topological polar surface area (TPSA) is 64.4 Å². The van der Waals surface area contributed by atoms with E-state index in [0.717, 1.165) is 32.3 Å². The van der Waals surface area contributed by atoms with Gasteiger partial charge in [0.1, 0.15) is 0 Å². The van der Waals surface area contributed by atoms with Gasteiger partial charge in [-0.1, -0.05) is 48.2 Å². The van der Waals surface area contributed by atoms with E-state index in [2.05, 4.69) is 6.07 Å². The average molecular weight is 411 g/mol. The number of hydrogen-bond donors (Lipinski definition) is 0. The van der Waals surface area contributed by atoms with E-state index in [0.29, 0.717) is 17.5 Å². The maximum atomic E-state index is 13.4. The number of anilines is 2. The first-order chi connectivity index (χ1) is 14.6. The van der Waals surface area contributed by atoms with Crippen LogP contribution in [0.2, 0.25) is 0 Å². The van der Waals surface area contributed by atoms with Crippen molar-refractivity contribution in [2.75, 3.05) is 11.9 Å². The minimum Gasteiger partial charge on any atom is -0.343 e. The Morgan fingerprint density at radius 2 is 1.77 bits per heavy atom. The molecule has 0 aliphatic carbocycles. The normalized spacial score (nSPS) is 14.1. The number of imide groups is 1. The van der Waals surface area contributed by atoms with Crippen LogP contribution in [0.3, 0.4) is 0 Å². The summed E-state index contributed by atoms with van der Waals surface area (Å²) in [5.41, 5.74) is 4.81. The number of benzene rings is 3. The van der Waals surface area contributed by atoms with Crippen LogP contribution in [0.4, 0.5) is 11.4 Å². The Morgan fingerprint density at radius 1 is 1.03 bits per heavy atom. The quantitative estimate of drug-likeness (QED) is 0.568. The van der Waals surface area contributed by atoms with Crippen molar-refractivity contribution >= 4 is 35.0 Å². The molecule has 5 rings (SSSR count). The summed E-state index contributed by atoms with van der Waals surface area (Å²) in [6.07, 6.45) is 0.301. The average Bonchev–Trinajstić information content (AvgIpc) is 3.11. The predicted molar refractivity (Wildman–Crippen MR) is 115 cm³/mol. The number of carbonyl (C=O) groups excluding carboxylic acids is 2. The smallest absolute Gasteiger partial charge is 0.262 e. The monoisotopic (exact) mass is 411 g/mol. The van der Waals surface area contributed by atoms with Gasteiger partial charge in [-0.3, -0.25) is 14.5 Å². The zero-order valence-electron chi connectivity index (χ0n) is 16.3. The molecule has 0 fully saturated rings. The van der Waals surface area contributed by atoms with Crippen LogP contribution < -0.4 is 4.90 Å². The summed E-state index contributed by atoms with van der Waals surface area (Å²) in [6.45, 7) is 0.286. The van der Waals surface area contributed by atoms with Gasteiger partial charge in [0.15, 0.2) is 0 Å². The van der Waals surface area contributed by atoms with E-state index in [1.165, 1.54) is 16.7 Å². The standard InChI is InChI=1S/C24H17N3O2S/c1-26-19-10-4-7-15(12-13-25)21(19)30-22-18(9-5-11-20(22)26)24(29)27-14-16-6-2-3-8-17(16)23(27)28/h2-11H,12,14H2,1H3. The van der Waals surface area contributed by atoms with Crippen molar-refractivity contribution in [3.05, 3.63) is 82.9 Å². The Kier molecular flexibility index (Phi) is 4.34. The summed E-state index contributed by atoms with van der Waals surface area (Å²) < 4.78 is 0.